The molecule has 10 heteroatoms. The number of anilines is 1. The molecule has 2 aliphatic carbocycles. The number of carbonyl (C=O) groups is 3. The number of carbonyl (C=O) groups excluding carboxylic acids is 2. The molecule has 0 aromatic heterocycles. The van der Waals surface area contributed by atoms with Crippen LogP contribution in [0.1, 0.15) is 61.6 Å². The third kappa shape index (κ3) is 5.99. The van der Waals surface area contributed by atoms with Crippen molar-refractivity contribution in [3.63, 3.8) is 0 Å². The summed E-state index contributed by atoms with van der Waals surface area (Å²) in [6, 6.07) is 11.5. The topological polar surface area (TPSA) is 117 Å². The number of hydrogen-bond acceptors (Lipinski definition) is 7. The molecule has 0 unspecified atom stereocenters. The van der Waals surface area contributed by atoms with Crippen molar-refractivity contribution in [2.24, 2.45) is 11.8 Å². The molecule has 46 heavy (non-hydrogen) atoms. The van der Waals surface area contributed by atoms with E-state index in [0.717, 1.165) is 37.8 Å². The lowest BCUT2D eigenvalue weighted by Gasteiger charge is -2.45. The third-order valence-electron chi connectivity index (χ3n) is 10.8. The van der Waals surface area contributed by atoms with Gasteiger partial charge in [0.2, 0.25) is 5.91 Å². The maximum absolute atomic E-state index is 13.6. The van der Waals surface area contributed by atoms with Crippen molar-refractivity contribution in [3.8, 4) is 5.75 Å². The molecular weight excluding hydrogens is 608 g/mol. The minimum Gasteiger partial charge on any atom is -0.490 e. The molecule has 2 aromatic rings. The van der Waals surface area contributed by atoms with E-state index in [4.69, 9.17) is 21.1 Å². The minimum atomic E-state index is -1.74. The molecule has 4 aliphatic rings. The summed E-state index contributed by atoms with van der Waals surface area (Å²) < 4.78 is 11.9. The van der Waals surface area contributed by atoms with Crippen molar-refractivity contribution < 1.29 is 34.1 Å². The van der Waals surface area contributed by atoms with Crippen LogP contribution >= 0.6 is 11.6 Å². The number of fused-ring (bicyclic) bond motifs is 4. The molecule has 2 N–H and O–H groups in total. The number of benzene rings is 2. The first-order valence-electron chi connectivity index (χ1n) is 16.3. The summed E-state index contributed by atoms with van der Waals surface area (Å²) in [6.07, 6.45) is 7.45. The number of aryl methyl sites for hydroxylation is 1. The van der Waals surface area contributed by atoms with Crippen LogP contribution in [-0.2, 0) is 36.4 Å². The van der Waals surface area contributed by atoms with E-state index in [2.05, 4.69) is 17.0 Å². The molecule has 6 rings (SSSR count). The second kappa shape index (κ2) is 12.9. The molecule has 0 radical (unpaired) electrons. The Hall–Kier alpha value is -3.56. The second-order valence-electron chi connectivity index (χ2n) is 13.6. The molecule has 2 aliphatic heterocycles. The fraction of sp³-hybridized carbons (Fsp3) is 0.528. The van der Waals surface area contributed by atoms with Gasteiger partial charge in [-0.2, -0.15) is 0 Å². The van der Waals surface area contributed by atoms with Crippen molar-refractivity contribution in [1.29, 1.82) is 0 Å². The summed E-state index contributed by atoms with van der Waals surface area (Å²) >= 11 is 6.42. The molecule has 246 valence electrons. The second-order valence-corrected chi connectivity index (χ2v) is 14.1. The average molecular weight is 651 g/mol. The Morgan fingerprint density at radius 1 is 1.17 bits per heavy atom. The number of hydrogen-bond donors (Lipinski definition) is 2. The molecular formula is C36H43ClN2O7. The molecule has 1 saturated carbocycles. The van der Waals surface area contributed by atoms with E-state index in [1.807, 2.05) is 24.3 Å². The highest BCUT2D eigenvalue weighted by Gasteiger charge is 2.48. The Labute approximate surface area is 275 Å². The number of rotatable bonds is 3. The number of halogens is 1. The van der Waals surface area contributed by atoms with Gasteiger partial charge in [0.05, 0.1) is 31.9 Å². The van der Waals surface area contributed by atoms with Gasteiger partial charge >= 0.3 is 11.9 Å². The minimum absolute atomic E-state index is 0.0916. The van der Waals surface area contributed by atoms with E-state index in [0.29, 0.717) is 49.0 Å². The van der Waals surface area contributed by atoms with Crippen molar-refractivity contribution in [3.05, 3.63) is 70.3 Å². The first kappa shape index (κ1) is 32.4. The molecule has 2 aromatic carbocycles. The van der Waals surface area contributed by atoms with Gasteiger partial charge in [-0.05, 0) is 91.3 Å². The molecule has 0 saturated heterocycles. The summed E-state index contributed by atoms with van der Waals surface area (Å²) in [4.78, 5) is 43.4. The van der Waals surface area contributed by atoms with Crippen LogP contribution in [0.5, 0.6) is 5.75 Å². The van der Waals surface area contributed by atoms with Gasteiger partial charge in [0.1, 0.15) is 11.2 Å². The number of carboxylic acids is 1. The van der Waals surface area contributed by atoms with E-state index in [-0.39, 0.29) is 29.6 Å². The zero-order valence-electron chi connectivity index (χ0n) is 26.5. The Morgan fingerprint density at radius 3 is 2.74 bits per heavy atom. The zero-order valence-corrected chi connectivity index (χ0v) is 27.3. The van der Waals surface area contributed by atoms with Gasteiger partial charge in [-0.1, -0.05) is 35.9 Å². The Bertz CT molecular complexity index is 1540. The molecule has 2 heterocycles. The molecule has 9 nitrogen and oxygen atoms in total. The monoisotopic (exact) mass is 650 g/mol. The van der Waals surface area contributed by atoms with Crippen LogP contribution in [0.15, 0.2) is 48.6 Å². The van der Waals surface area contributed by atoms with E-state index in [1.165, 1.54) is 23.1 Å². The predicted molar refractivity (Wildman–Crippen MR) is 174 cm³/mol. The summed E-state index contributed by atoms with van der Waals surface area (Å²) in [6.45, 7) is 2.11. The molecule has 1 spiro atoms. The standard InChI is InChI=1S/C36H43ClN2O7/c1-38-15-4-3-7-30(40)27-11-8-24(27)20-39-21-35(14-5-6-23-16-26(37)10-12-28(23)35)22-46-31-13-9-25(17-29(31)39)36(18-32(38)41,19-33(42)43)34(44)45-2/h3,7,9-10,12-13,16-17,24,27,30,40H,4-6,8,11,14-15,18-22H2,1-2H3,(H,42,43)/b7-3-/t24-,27+,30-,35-,36-/m0/s1. The Balaban J connectivity index is 1.51. The fourth-order valence-electron chi connectivity index (χ4n) is 8.11. The van der Waals surface area contributed by atoms with Gasteiger partial charge in [0.15, 0.2) is 0 Å². The zero-order chi connectivity index (χ0) is 32.6. The van der Waals surface area contributed by atoms with Crippen LogP contribution < -0.4 is 9.64 Å². The first-order chi connectivity index (χ1) is 22.0. The van der Waals surface area contributed by atoms with Crippen LogP contribution in [0.25, 0.3) is 0 Å². The number of ether oxygens (including phenoxy) is 2. The number of aliphatic hydroxyl groups excluding tert-OH is 1. The first-order valence-corrected chi connectivity index (χ1v) is 16.6. The van der Waals surface area contributed by atoms with Crippen LogP contribution in [0.4, 0.5) is 5.69 Å². The maximum Gasteiger partial charge on any atom is 0.317 e. The van der Waals surface area contributed by atoms with Crippen LogP contribution in [0, 0.1) is 11.8 Å². The molecule has 1 fully saturated rings. The van der Waals surface area contributed by atoms with Gasteiger partial charge in [0, 0.05) is 43.5 Å². The van der Waals surface area contributed by atoms with Gasteiger partial charge < -0.3 is 29.5 Å². The number of methoxy groups -OCH3 is 1. The molecule has 5 atom stereocenters. The van der Waals surface area contributed by atoms with Gasteiger partial charge in [-0.25, -0.2) is 0 Å². The van der Waals surface area contributed by atoms with E-state index >= 15 is 0 Å². The van der Waals surface area contributed by atoms with Crippen LogP contribution in [-0.4, -0.2) is 79.5 Å². The van der Waals surface area contributed by atoms with Crippen LogP contribution in [0.2, 0.25) is 5.02 Å². The number of amides is 1. The highest BCUT2D eigenvalue weighted by Crippen LogP contribution is 2.48. The summed E-state index contributed by atoms with van der Waals surface area (Å²) in [5.41, 5.74) is 1.53. The largest absolute Gasteiger partial charge is 0.490 e. The smallest absolute Gasteiger partial charge is 0.317 e. The normalized spacial score (nSPS) is 30.3. The van der Waals surface area contributed by atoms with E-state index in [1.54, 1.807) is 19.2 Å². The number of aliphatic carboxylic acids is 1. The molecule has 1 amide bonds. The fourth-order valence-corrected chi connectivity index (χ4v) is 8.31. The highest BCUT2D eigenvalue weighted by molar-refractivity contribution is 6.30. The number of nitrogens with zero attached hydrogens (tertiary/aromatic N) is 2. The van der Waals surface area contributed by atoms with Crippen LogP contribution in [0.3, 0.4) is 0 Å². The third-order valence-corrected chi connectivity index (χ3v) is 11.1. The van der Waals surface area contributed by atoms with Crippen molar-refractivity contribution in [2.75, 3.05) is 45.3 Å². The quantitative estimate of drug-likeness (QED) is 0.356. The van der Waals surface area contributed by atoms with Crippen molar-refractivity contribution in [2.45, 2.75) is 68.3 Å². The lowest BCUT2D eigenvalue weighted by Crippen LogP contribution is -2.49. The lowest BCUT2D eigenvalue weighted by atomic mass is 9.68. The highest BCUT2D eigenvalue weighted by atomic mass is 35.5. The SMILES string of the molecule is COC(=O)[C@]1(CC(=O)O)CC(=O)N(C)CC/C=C\[C@H](O)[C@@H]2CC[C@H]2CN2C[C@@]3(CCCc4cc(Cl)ccc43)COc3ccc1cc32. The number of aliphatic hydroxyl groups is 1. The summed E-state index contributed by atoms with van der Waals surface area (Å²) in [7, 11) is 2.86. The maximum atomic E-state index is 13.6. The lowest BCUT2D eigenvalue weighted by molar-refractivity contribution is -0.155. The predicted octanol–water partition coefficient (Wildman–Crippen LogP) is 4.89. The van der Waals surface area contributed by atoms with E-state index in [9.17, 15) is 24.6 Å². The van der Waals surface area contributed by atoms with E-state index < -0.39 is 29.9 Å². The Morgan fingerprint density at radius 2 is 2.00 bits per heavy atom. The Kier molecular flexibility index (Phi) is 9.09. The summed E-state index contributed by atoms with van der Waals surface area (Å²) in [5, 5.41) is 21.9. The van der Waals surface area contributed by atoms with Gasteiger partial charge in [-0.3, -0.25) is 14.4 Å². The average Bonchev–Trinajstić information content (AvgIpc) is 3.16. The van der Waals surface area contributed by atoms with Crippen molar-refractivity contribution in [1.82, 2.24) is 4.90 Å². The van der Waals surface area contributed by atoms with Gasteiger partial charge in [0.25, 0.3) is 0 Å². The molecule has 2 bridgehead atoms. The van der Waals surface area contributed by atoms with Gasteiger partial charge in [-0.15, -0.1) is 0 Å². The van der Waals surface area contributed by atoms with Crippen molar-refractivity contribution >= 4 is 35.1 Å². The number of esters is 1. The summed E-state index contributed by atoms with van der Waals surface area (Å²) in [5.74, 6) is -1.39. The number of carboxylic acid groups (broad SMARTS) is 1.